The second kappa shape index (κ2) is 5.84. The van der Waals surface area contributed by atoms with E-state index >= 15 is 0 Å². The third-order valence-corrected chi connectivity index (χ3v) is 3.27. The van der Waals surface area contributed by atoms with Crippen molar-refractivity contribution in [1.82, 2.24) is 14.9 Å². The van der Waals surface area contributed by atoms with Crippen LogP contribution in [0.4, 0.5) is 0 Å². The minimum atomic E-state index is -1.15. The smallest absolute Gasteiger partial charge is 0.325 e. The van der Waals surface area contributed by atoms with E-state index in [4.69, 9.17) is 5.11 Å². The molecule has 0 spiro atoms. The van der Waals surface area contributed by atoms with Crippen molar-refractivity contribution in [1.29, 1.82) is 0 Å². The highest BCUT2D eigenvalue weighted by Crippen LogP contribution is 2.11. The number of carbonyl (C=O) groups is 2. The average molecular weight is 305 g/mol. The zero-order chi connectivity index (χ0) is 16.4. The zero-order valence-corrected chi connectivity index (χ0v) is 12.0. The van der Waals surface area contributed by atoms with Gasteiger partial charge in [0.25, 0.3) is 5.91 Å². The Bertz CT molecular complexity index is 865. The highest BCUT2D eigenvalue weighted by Gasteiger charge is 2.16. The first-order valence-corrected chi connectivity index (χ1v) is 6.65. The lowest BCUT2D eigenvalue weighted by Gasteiger charge is -2.11. The van der Waals surface area contributed by atoms with Gasteiger partial charge >= 0.3 is 17.1 Å². The molecule has 0 bridgehead atoms. The molecule has 1 unspecified atom stereocenters. The number of rotatable bonds is 4. The lowest BCUT2D eigenvalue weighted by Crippen LogP contribution is -2.38. The van der Waals surface area contributed by atoms with E-state index < -0.39 is 29.0 Å². The predicted molar refractivity (Wildman–Crippen MR) is 79.1 cm³/mol. The molecule has 1 atom stereocenters. The molecular formula is C14H15N3O5. The minimum Gasteiger partial charge on any atom is -0.480 e. The number of carbonyl (C=O) groups excluding carboxylic acids is 1. The number of aliphatic carboxylic acids is 1. The summed E-state index contributed by atoms with van der Waals surface area (Å²) in [6.07, 6.45) is 0. The van der Waals surface area contributed by atoms with Gasteiger partial charge in [0.1, 0.15) is 6.04 Å². The molecule has 8 nitrogen and oxygen atoms in total. The molecule has 8 heteroatoms. The molecule has 116 valence electrons. The van der Waals surface area contributed by atoms with Crippen molar-refractivity contribution in [3.63, 3.8) is 0 Å². The third kappa shape index (κ3) is 2.76. The standard InChI is InChI=1S/C14H15N3O5/c1-3-17-10-5-4-8(11(18)15-7(2)14(21)22)6-9(10)16-12(19)13(17)20/h4-7H,3H2,1-2H3,(H,15,18)(H,16,19)(H,21,22). The molecule has 1 amide bonds. The number of nitrogens with zero attached hydrogens (tertiary/aromatic N) is 1. The Balaban J connectivity index is 2.50. The number of hydrogen-bond acceptors (Lipinski definition) is 4. The van der Waals surface area contributed by atoms with E-state index in [1.807, 2.05) is 0 Å². The number of nitrogens with one attached hydrogen (secondary N) is 2. The second-order valence-corrected chi connectivity index (χ2v) is 4.77. The van der Waals surface area contributed by atoms with Crippen molar-refractivity contribution < 1.29 is 14.7 Å². The number of fused-ring (bicyclic) bond motifs is 1. The SMILES string of the molecule is CCn1c(=O)c(=O)[nH]c2cc(C(=O)NC(C)C(=O)O)ccc21. The molecule has 0 aliphatic heterocycles. The number of amides is 1. The van der Waals surface area contributed by atoms with Crippen LogP contribution in [0.1, 0.15) is 24.2 Å². The van der Waals surface area contributed by atoms with Gasteiger partial charge in [-0.3, -0.25) is 19.2 Å². The van der Waals surface area contributed by atoms with Gasteiger partial charge in [-0.25, -0.2) is 0 Å². The summed E-state index contributed by atoms with van der Waals surface area (Å²) in [4.78, 5) is 48.5. The van der Waals surface area contributed by atoms with Crippen LogP contribution in [0.3, 0.4) is 0 Å². The van der Waals surface area contributed by atoms with Gasteiger partial charge in [-0.15, -0.1) is 0 Å². The summed E-state index contributed by atoms with van der Waals surface area (Å²) >= 11 is 0. The van der Waals surface area contributed by atoms with Gasteiger partial charge < -0.3 is 20.0 Å². The molecule has 0 aliphatic rings. The Morgan fingerprint density at radius 2 is 2.05 bits per heavy atom. The van der Waals surface area contributed by atoms with Crippen LogP contribution < -0.4 is 16.4 Å². The maximum Gasteiger partial charge on any atom is 0.325 e. The Kier molecular flexibility index (Phi) is 4.11. The van der Waals surface area contributed by atoms with Crippen LogP contribution in [0.2, 0.25) is 0 Å². The number of H-pyrrole nitrogens is 1. The van der Waals surface area contributed by atoms with Crippen molar-refractivity contribution in [2.75, 3.05) is 0 Å². The number of hydrogen-bond donors (Lipinski definition) is 3. The first-order chi connectivity index (χ1) is 10.3. The maximum absolute atomic E-state index is 12.0. The largest absolute Gasteiger partial charge is 0.480 e. The van der Waals surface area contributed by atoms with Crippen molar-refractivity contribution in [3.05, 3.63) is 44.5 Å². The molecule has 1 heterocycles. The lowest BCUT2D eigenvalue weighted by atomic mass is 10.1. The molecule has 2 aromatic rings. The highest BCUT2D eigenvalue weighted by molar-refractivity contribution is 5.99. The van der Waals surface area contributed by atoms with Gasteiger partial charge in [0.2, 0.25) is 0 Å². The molecule has 0 fully saturated rings. The van der Waals surface area contributed by atoms with Crippen LogP contribution in [-0.2, 0) is 11.3 Å². The third-order valence-electron chi connectivity index (χ3n) is 3.27. The first-order valence-electron chi connectivity index (χ1n) is 6.65. The fourth-order valence-electron chi connectivity index (χ4n) is 2.08. The molecule has 3 N–H and O–H groups in total. The summed E-state index contributed by atoms with van der Waals surface area (Å²) in [7, 11) is 0. The summed E-state index contributed by atoms with van der Waals surface area (Å²) in [5.41, 5.74) is -0.410. The van der Waals surface area contributed by atoms with E-state index in [0.29, 0.717) is 17.6 Å². The molecular weight excluding hydrogens is 290 g/mol. The minimum absolute atomic E-state index is 0.192. The summed E-state index contributed by atoms with van der Waals surface area (Å²) in [5.74, 6) is -1.73. The number of carboxylic acid groups (broad SMARTS) is 1. The van der Waals surface area contributed by atoms with Crippen molar-refractivity contribution >= 4 is 22.9 Å². The highest BCUT2D eigenvalue weighted by atomic mass is 16.4. The van der Waals surface area contributed by atoms with Crippen molar-refractivity contribution in [2.24, 2.45) is 0 Å². The molecule has 2 rings (SSSR count). The van der Waals surface area contributed by atoms with Crippen LogP contribution in [0.25, 0.3) is 11.0 Å². The first kappa shape index (κ1) is 15.5. The van der Waals surface area contributed by atoms with E-state index in [1.54, 1.807) is 6.92 Å². The number of aryl methyl sites for hydroxylation is 1. The van der Waals surface area contributed by atoms with E-state index in [2.05, 4.69) is 10.3 Å². The Hall–Kier alpha value is -2.90. The second-order valence-electron chi connectivity index (χ2n) is 4.77. The number of benzene rings is 1. The Morgan fingerprint density at radius 1 is 1.36 bits per heavy atom. The van der Waals surface area contributed by atoms with Crippen LogP contribution in [-0.4, -0.2) is 32.6 Å². The summed E-state index contributed by atoms with van der Waals surface area (Å²) < 4.78 is 1.30. The normalized spacial score (nSPS) is 12.1. The Labute approximate surface area is 124 Å². The van der Waals surface area contributed by atoms with Gasteiger partial charge in [0.15, 0.2) is 0 Å². The van der Waals surface area contributed by atoms with Gasteiger partial charge in [0, 0.05) is 12.1 Å². The molecule has 1 aromatic heterocycles. The van der Waals surface area contributed by atoms with E-state index in [1.165, 1.54) is 29.7 Å². The van der Waals surface area contributed by atoms with Crippen molar-refractivity contribution in [2.45, 2.75) is 26.4 Å². The topological polar surface area (TPSA) is 121 Å². The van der Waals surface area contributed by atoms with Crippen LogP contribution in [0, 0.1) is 0 Å². The van der Waals surface area contributed by atoms with Gasteiger partial charge in [-0.05, 0) is 32.0 Å². The van der Waals surface area contributed by atoms with Crippen LogP contribution >= 0.6 is 0 Å². The van der Waals surface area contributed by atoms with Gasteiger partial charge in [-0.2, -0.15) is 0 Å². The molecule has 0 aliphatic carbocycles. The fourth-order valence-corrected chi connectivity index (χ4v) is 2.08. The van der Waals surface area contributed by atoms with Gasteiger partial charge in [0.05, 0.1) is 11.0 Å². The summed E-state index contributed by atoms with van der Waals surface area (Å²) in [6, 6.07) is 3.38. The average Bonchev–Trinajstić information content (AvgIpc) is 2.47. The van der Waals surface area contributed by atoms with Crippen LogP contribution in [0.5, 0.6) is 0 Å². The van der Waals surface area contributed by atoms with E-state index in [-0.39, 0.29) is 5.56 Å². The summed E-state index contributed by atoms with van der Waals surface area (Å²) in [5, 5.41) is 11.1. The maximum atomic E-state index is 12.0. The Morgan fingerprint density at radius 3 is 2.64 bits per heavy atom. The number of carboxylic acids is 1. The zero-order valence-electron chi connectivity index (χ0n) is 12.0. The summed E-state index contributed by atoms with van der Waals surface area (Å²) in [6.45, 7) is 3.40. The number of aromatic amines is 1. The van der Waals surface area contributed by atoms with Crippen LogP contribution in [0.15, 0.2) is 27.8 Å². The monoisotopic (exact) mass is 305 g/mol. The number of aromatic nitrogens is 2. The molecule has 22 heavy (non-hydrogen) atoms. The van der Waals surface area contributed by atoms with Crippen molar-refractivity contribution in [3.8, 4) is 0 Å². The predicted octanol–water partition coefficient (Wildman–Crippen LogP) is -0.0874. The van der Waals surface area contributed by atoms with E-state index in [0.717, 1.165) is 0 Å². The fraction of sp³-hybridized carbons (Fsp3) is 0.286. The quantitative estimate of drug-likeness (QED) is 0.682. The molecule has 0 radical (unpaired) electrons. The molecule has 0 saturated carbocycles. The lowest BCUT2D eigenvalue weighted by molar-refractivity contribution is -0.138. The molecule has 0 saturated heterocycles. The van der Waals surface area contributed by atoms with E-state index in [9.17, 15) is 19.2 Å². The molecule has 1 aromatic carbocycles. The van der Waals surface area contributed by atoms with Gasteiger partial charge in [-0.1, -0.05) is 0 Å².